The summed E-state index contributed by atoms with van der Waals surface area (Å²) >= 11 is 0. The van der Waals surface area contributed by atoms with E-state index in [-0.39, 0.29) is 24.6 Å². The van der Waals surface area contributed by atoms with Crippen molar-refractivity contribution in [3.8, 4) is 5.75 Å². The molecule has 1 amide bonds. The summed E-state index contributed by atoms with van der Waals surface area (Å²) in [5, 5.41) is 10.6. The van der Waals surface area contributed by atoms with Gasteiger partial charge in [0, 0.05) is 6.42 Å². The highest BCUT2D eigenvalue weighted by molar-refractivity contribution is 5.73. The van der Waals surface area contributed by atoms with Crippen molar-refractivity contribution in [2.24, 2.45) is 5.73 Å². The third-order valence-electron chi connectivity index (χ3n) is 1.75. The fourth-order valence-electron chi connectivity index (χ4n) is 1.06. The molecule has 0 aromatic carbocycles. The van der Waals surface area contributed by atoms with Gasteiger partial charge in [-0.2, -0.15) is 0 Å². The molecular formula is C9H11N3O4. The standard InChI is InChI=1S/C9H11N3O4/c10-8(13)4-2-6-16-7-3-1-5-11-9(7)12(14)15/h1,3,5H,2,4,6H2,(H2,10,13). The number of aromatic nitrogens is 1. The van der Waals surface area contributed by atoms with Crippen molar-refractivity contribution in [3.05, 3.63) is 28.4 Å². The Morgan fingerprint density at radius 1 is 1.62 bits per heavy atom. The van der Waals surface area contributed by atoms with Crippen molar-refractivity contribution in [2.45, 2.75) is 12.8 Å². The molecule has 0 saturated carbocycles. The molecule has 0 radical (unpaired) electrons. The summed E-state index contributed by atoms with van der Waals surface area (Å²) in [5.74, 6) is -0.664. The molecule has 1 aromatic rings. The van der Waals surface area contributed by atoms with E-state index in [1.54, 1.807) is 0 Å². The number of nitrogens with two attached hydrogens (primary N) is 1. The van der Waals surface area contributed by atoms with E-state index in [1.807, 2.05) is 0 Å². The van der Waals surface area contributed by atoms with Crippen molar-refractivity contribution in [1.29, 1.82) is 0 Å². The lowest BCUT2D eigenvalue weighted by Gasteiger charge is -2.04. The second-order valence-corrected chi connectivity index (χ2v) is 3.00. The third kappa shape index (κ3) is 3.52. The maximum atomic E-state index is 10.6. The van der Waals surface area contributed by atoms with E-state index in [0.717, 1.165) is 0 Å². The Morgan fingerprint density at radius 3 is 3.00 bits per heavy atom. The summed E-state index contributed by atoms with van der Waals surface area (Å²) in [4.78, 5) is 23.9. The van der Waals surface area contributed by atoms with Crippen molar-refractivity contribution < 1.29 is 14.5 Å². The van der Waals surface area contributed by atoms with Crippen LogP contribution in [0.15, 0.2) is 18.3 Å². The smallest absolute Gasteiger partial charge is 0.406 e. The van der Waals surface area contributed by atoms with Gasteiger partial charge in [-0.1, -0.05) is 0 Å². The number of rotatable bonds is 6. The molecule has 0 aliphatic carbocycles. The van der Waals surface area contributed by atoms with Crippen molar-refractivity contribution in [2.75, 3.05) is 6.61 Å². The Hall–Kier alpha value is -2.18. The minimum atomic E-state index is -0.622. The first-order valence-corrected chi connectivity index (χ1v) is 4.62. The van der Waals surface area contributed by atoms with E-state index >= 15 is 0 Å². The minimum Gasteiger partial charge on any atom is -0.486 e. The van der Waals surface area contributed by atoms with E-state index < -0.39 is 10.8 Å². The molecule has 1 rings (SSSR count). The molecule has 0 spiro atoms. The number of hydrogen-bond donors (Lipinski definition) is 1. The number of hydrogen-bond acceptors (Lipinski definition) is 5. The summed E-state index contributed by atoms with van der Waals surface area (Å²) < 4.78 is 5.14. The summed E-state index contributed by atoms with van der Waals surface area (Å²) in [5.41, 5.74) is 4.93. The van der Waals surface area contributed by atoms with Crippen LogP contribution >= 0.6 is 0 Å². The number of primary amides is 1. The molecule has 16 heavy (non-hydrogen) atoms. The zero-order chi connectivity index (χ0) is 12.0. The SMILES string of the molecule is NC(=O)CCCOc1cccnc1[N+](=O)[O-]. The predicted octanol–water partition coefficient (Wildman–Crippen LogP) is 0.634. The van der Waals surface area contributed by atoms with E-state index in [1.165, 1.54) is 18.3 Å². The quantitative estimate of drug-likeness (QED) is 0.434. The van der Waals surface area contributed by atoms with Gasteiger partial charge in [0.25, 0.3) is 0 Å². The van der Waals surface area contributed by atoms with Crippen LogP contribution in [-0.2, 0) is 4.79 Å². The number of amides is 1. The molecule has 0 aliphatic heterocycles. The van der Waals surface area contributed by atoms with Gasteiger partial charge in [-0.15, -0.1) is 0 Å². The fraction of sp³-hybridized carbons (Fsp3) is 0.333. The molecular weight excluding hydrogens is 214 g/mol. The molecule has 0 fully saturated rings. The Labute approximate surface area is 91.4 Å². The summed E-state index contributed by atoms with van der Waals surface area (Å²) in [6.07, 6.45) is 1.92. The topological polar surface area (TPSA) is 108 Å². The van der Waals surface area contributed by atoms with Crippen LogP contribution in [0.25, 0.3) is 0 Å². The van der Waals surface area contributed by atoms with Gasteiger partial charge < -0.3 is 20.6 Å². The van der Waals surface area contributed by atoms with Crippen LogP contribution in [0, 0.1) is 10.1 Å². The van der Waals surface area contributed by atoms with Crippen LogP contribution in [0.3, 0.4) is 0 Å². The number of carbonyl (C=O) groups is 1. The van der Waals surface area contributed by atoms with Gasteiger partial charge in [-0.3, -0.25) is 4.79 Å². The third-order valence-corrected chi connectivity index (χ3v) is 1.75. The van der Waals surface area contributed by atoms with Crippen LogP contribution in [0.1, 0.15) is 12.8 Å². The number of nitro groups is 1. The highest BCUT2D eigenvalue weighted by Gasteiger charge is 2.14. The molecule has 0 unspecified atom stereocenters. The minimum absolute atomic E-state index is 0.0944. The number of ether oxygens (including phenoxy) is 1. The highest BCUT2D eigenvalue weighted by atomic mass is 16.6. The lowest BCUT2D eigenvalue weighted by Crippen LogP contribution is -2.12. The fourth-order valence-corrected chi connectivity index (χ4v) is 1.06. The first-order chi connectivity index (χ1) is 7.61. The van der Waals surface area contributed by atoms with Crippen molar-refractivity contribution in [1.82, 2.24) is 4.98 Å². The van der Waals surface area contributed by atoms with Crippen molar-refractivity contribution in [3.63, 3.8) is 0 Å². The van der Waals surface area contributed by atoms with E-state index in [4.69, 9.17) is 10.5 Å². The maximum Gasteiger partial charge on any atom is 0.406 e. The summed E-state index contributed by atoms with van der Waals surface area (Å²) in [6, 6.07) is 2.99. The van der Waals surface area contributed by atoms with Gasteiger partial charge in [-0.05, 0) is 28.5 Å². The molecule has 2 N–H and O–H groups in total. The molecule has 86 valence electrons. The van der Waals surface area contributed by atoms with Gasteiger partial charge in [0.05, 0.1) is 6.61 Å². The van der Waals surface area contributed by atoms with Gasteiger partial charge in [-0.25, -0.2) is 0 Å². The zero-order valence-electron chi connectivity index (χ0n) is 8.46. The maximum absolute atomic E-state index is 10.6. The zero-order valence-corrected chi connectivity index (χ0v) is 8.46. The van der Waals surface area contributed by atoms with Crippen LogP contribution < -0.4 is 10.5 Å². The summed E-state index contributed by atoms with van der Waals surface area (Å²) in [6.45, 7) is 0.190. The van der Waals surface area contributed by atoms with Crippen LogP contribution in [0.5, 0.6) is 5.75 Å². The Kier molecular flexibility index (Phi) is 4.19. The number of pyridine rings is 1. The first-order valence-electron chi connectivity index (χ1n) is 4.62. The number of carbonyl (C=O) groups excluding carboxylic acids is 1. The molecule has 1 heterocycles. The molecule has 7 heteroatoms. The van der Waals surface area contributed by atoms with Gasteiger partial charge in [0.1, 0.15) is 6.20 Å². The average molecular weight is 225 g/mol. The Morgan fingerprint density at radius 2 is 2.38 bits per heavy atom. The average Bonchev–Trinajstić information content (AvgIpc) is 2.24. The second-order valence-electron chi connectivity index (χ2n) is 3.00. The second kappa shape index (κ2) is 5.64. The molecule has 7 nitrogen and oxygen atoms in total. The lowest BCUT2D eigenvalue weighted by molar-refractivity contribution is -0.390. The Bertz CT molecular complexity index is 394. The molecule has 1 aromatic heterocycles. The van der Waals surface area contributed by atoms with Crippen LogP contribution in [0.4, 0.5) is 5.82 Å². The van der Waals surface area contributed by atoms with Gasteiger partial charge >= 0.3 is 5.82 Å². The van der Waals surface area contributed by atoms with E-state index in [0.29, 0.717) is 6.42 Å². The number of nitrogens with zero attached hydrogens (tertiary/aromatic N) is 2. The normalized spacial score (nSPS) is 9.75. The molecule has 0 saturated heterocycles. The monoisotopic (exact) mass is 225 g/mol. The van der Waals surface area contributed by atoms with E-state index in [2.05, 4.69) is 4.98 Å². The molecule has 0 aliphatic rings. The lowest BCUT2D eigenvalue weighted by atomic mass is 10.3. The molecule has 0 bridgehead atoms. The van der Waals surface area contributed by atoms with Gasteiger partial charge in [0.2, 0.25) is 11.7 Å². The van der Waals surface area contributed by atoms with E-state index in [9.17, 15) is 14.9 Å². The van der Waals surface area contributed by atoms with Crippen LogP contribution in [0.2, 0.25) is 0 Å². The predicted molar refractivity (Wildman–Crippen MR) is 54.8 cm³/mol. The summed E-state index contributed by atoms with van der Waals surface area (Å²) in [7, 11) is 0. The largest absolute Gasteiger partial charge is 0.486 e. The first kappa shape index (κ1) is 11.9. The highest BCUT2D eigenvalue weighted by Crippen LogP contribution is 2.22. The van der Waals surface area contributed by atoms with Gasteiger partial charge in [0.15, 0.2) is 0 Å². The van der Waals surface area contributed by atoms with Crippen molar-refractivity contribution >= 4 is 11.7 Å². The Balaban J connectivity index is 2.53. The molecule has 0 atom stereocenters. The van der Waals surface area contributed by atoms with Crippen LogP contribution in [-0.4, -0.2) is 22.4 Å².